The Morgan fingerprint density at radius 1 is 1.04 bits per heavy atom. The van der Waals surface area contributed by atoms with Crippen LogP contribution in [0.25, 0.3) is 0 Å². The van der Waals surface area contributed by atoms with Crippen molar-refractivity contribution < 1.29 is 9.53 Å². The predicted octanol–water partition coefficient (Wildman–Crippen LogP) is 6.09. The summed E-state index contributed by atoms with van der Waals surface area (Å²) < 4.78 is 5.32. The van der Waals surface area contributed by atoms with Gasteiger partial charge in [0.15, 0.2) is 0 Å². The average molecular weight is 365 g/mol. The van der Waals surface area contributed by atoms with Crippen molar-refractivity contribution in [2.45, 2.75) is 39.2 Å². The normalized spacial score (nSPS) is 12.0. The van der Waals surface area contributed by atoms with Crippen LogP contribution in [0.3, 0.4) is 0 Å². The summed E-state index contributed by atoms with van der Waals surface area (Å²) in [6, 6.07) is 15.5. The van der Waals surface area contributed by atoms with E-state index in [4.69, 9.17) is 27.9 Å². The number of carbonyl (C=O) groups excluding carboxylic acids is 1. The van der Waals surface area contributed by atoms with Gasteiger partial charge in [-0.1, -0.05) is 66.5 Å². The van der Waals surface area contributed by atoms with Gasteiger partial charge in [-0.25, -0.2) is 0 Å². The van der Waals surface area contributed by atoms with Crippen molar-refractivity contribution in [3.8, 4) is 0 Å². The minimum atomic E-state index is -0.138. The van der Waals surface area contributed by atoms with E-state index in [1.807, 2.05) is 48.5 Å². The third-order valence-corrected chi connectivity index (χ3v) is 4.64. The van der Waals surface area contributed by atoms with Crippen LogP contribution in [0.5, 0.6) is 0 Å². The van der Waals surface area contributed by atoms with E-state index in [2.05, 4.69) is 6.92 Å². The molecule has 0 radical (unpaired) electrons. The Balaban J connectivity index is 1.66. The number of rotatable bonds is 8. The van der Waals surface area contributed by atoms with E-state index in [9.17, 15) is 4.79 Å². The van der Waals surface area contributed by atoms with Gasteiger partial charge in [-0.15, -0.1) is 0 Å². The van der Waals surface area contributed by atoms with E-state index in [-0.39, 0.29) is 5.97 Å². The monoisotopic (exact) mass is 364 g/mol. The van der Waals surface area contributed by atoms with Crippen molar-refractivity contribution in [1.82, 2.24) is 0 Å². The van der Waals surface area contributed by atoms with Crippen molar-refractivity contribution in [3.05, 3.63) is 69.7 Å². The highest BCUT2D eigenvalue weighted by Gasteiger charge is 2.11. The molecule has 0 fully saturated rings. The van der Waals surface area contributed by atoms with Gasteiger partial charge in [0.25, 0.3) is 0 Å². The Hall–Kier alpha value is -1.51. The maximum absolute atomic E-state index is 11.9. The van der Waals surface area contributed by atoms with Crippen LogP contribution in [0, 0.1) is 5.92 Å². The number of hydrogen-bond donors (Lipinski definition) is 0. The Morgan fingerprint density at radius 2 is 1.79 bits per heavy atom. The fourth-order valence-electron chi connectivity index (χ4n) is 2.53. The molecule has 2 rings (SSSR count). The first kappa shape index (κ1) is 18.8. The molecule has 2 nitrogen and oxygen atoms in total. The lowest BCUT2D eigenvalue weighted by Gasteiger charge is -2.11. The minimum Gasteiger partial charge on any atom is -0.461 e. The summed E-state index contributed by atoms with van der Waals surface area (Å²) in [5.74, 6) is 0.164. The van der Waals surface area contributed by atoms with Crippen LogP contribution in [-0.4, -0.2) is 5.97 Å². The van der Waals surface area contributed by atoms with Gasteiger partial charge in [0.1, 0.15) is 6.61 Å². The van der Waals surface area contributed by atoms with Gasteiger partial charge >= 0.3 is 5.97 Å². The molecular formula is C20H22Cl2O2. The van der Waals surface area contributed by atoms with E-state index >= 15 is 0 Å². The number of aryl methyl sites for hydroxylation is 1. The quantitative estimate of drug-likeness (QED) is 0.530. The molecule has 0 aliphatic carbocycles. The molecule has 4 heteroatoms. The van der Waals surface area contributed by atoms with Crippen LogP contribution in [0.15, 0.2) is 48.5 Å². The topological polar surface area (TPSA) is 26.3 Å². The largest absolute Gasteiger partial charge is 0.461 e. The molecule has 0 N–H and O–H groups in total. The highest BCUT2D eigenvalue weighted by atomic mass is 35.5. The summed E-state index contributed by atoms with van der Waals surface area (Å²) in [5, 5.41) is 1.17. The Bertz CT molecular complexity index is 656. The highest BCUT2D eigenvalue weighted by molar-refractivity contribution is 6.42. The van der Waals surface area contributed by atoms with Crippen LogP contribution in [-0.2, 0) is 22.6 Å². The zero-order chi connectivity index (χ0) is 17.4. The number of benzene rings is 2. The van der Waals surface area contributed by atoms with Crippen LogP contribution < -0.4 is 0 Å². The molecular weight excluding hydrogens is 343 g/mol. The third kappa shape index (κ3) is 6.54. The standard InChI is InChI=1S/C20H22Cl2O2/c1-15(6-5-9-16-10-11-18(21)19(22)13-16)12-20(23)24-14-17-7-3-2-4-8-17/h2-4,7-8,10-11,13,15H,5-6,9,12,14H2,1H3. The summed E-state index contributed by atoms with van der Waals surface area (Å²) in [7, 11) is 0. The molecule has 0 aliphatic heterocycles. The predicted molar refractivity (Wildman–Crippen MR) is 99.4 cm³/mol. The van der Waals surface area contributed by atoms with E-state index < -0.39 is 0 Å². The summed E-state index contributed by atoms with van der Waals surface area (Å²) in [6.45, 7) is 2.42. The molecule has 1 unspecified atom stereocenters. The van der Waals surface area contributed by atoms with Gasteiger partial charge in [0.2, 0.25) is 0 Å². The van der Waals surface area contributed by atoms with Gasteiger partial charge < -0.3 is 4.74 Å². The van der Waals surface area contributed by atoms with Gasteiger partial charge in [0.05, 0.1) is 10.0 Å². The van der Waals surface area contributed by atoms with Crippen molar-refractivity contribution in [1.29, 1.82) is 0 Å². The molecule has 0 bridgehead atoms. The van der Waals surface area contributed by atoms with Gasteiger partial charge in [0, 0.05) is 6.42 Å². The minimum absolute atomic E-state index is 0.138. The lowest BCUT2D eigenvalue weighted by molar-refractivity contribution is -0.146. The molecule has 0 amide bonds. The summed E-state index contributed by atoms with van der Waals surface area (Å²) in [5.41, 5.74) is 2.18. The molecule has 0 saturated heterocycles. The SMILES string of the molecule is CC(CCCc1ccc(Cl)c(Cl)c1)CC(=O)OCc1ccccc1. The molecule has 0 saturated carbocycles. The van der Waals surface area contributed by atoms with Crippen LogP contribution in [0.4, 0.5) is 0 Å². The van der Waals surface area contributed by atoms with Gasteiger partial charge in [-0.2, -0.15) is 0 Å². The average Bonchev–Trinajstić information content (AvgIpc) is 2.57. The van der Waals surface area contributed by atoms with Crippen molar-refractivity contribution in [2.24, 2.45) is 5.92 Å². The van der Waals surface area contributed by atoms with E-state index in [1.54, 1.807) is 0 Å². The molecule has 2 aromatic carbocycles. The summed E-state index contributed by atoms with van der Waals surface area (Å²) >= 11 is 11.9. The van der Waals surface area contributed by atoms with E-state index in [0.29, 0.717) is 29.0 Å². The number of hydrogen-bond acceptors (Lipinski definition) is 2. The van der Waals surface area contributed by atoms with E-state index in [0.717, 1.165) is 24.8 Å². The fraction of sp³-hybridized carbons (Fsp3) is 0.350. The fourth-order valence-corrected chi connectivity index (χ4v) is 2.85. The maximum atomic E-state index is 11.9. The Kier molecular flexibility index (Phi) is 7.61. The molecule has 0 heterocycles. The Labute approximate surface area is 153 Å². The molecule has 1 atom stereocenters. The van der Waals surface area contributed by atoms with Crippen LogP contribution in [0.2, 0.25) is 10.0 Å². The first-order chi connectivity index (χ1) is 11.5. The second-order valence-corrected chi connectivity index (χ2v) is 6.91. The van der Waals surface area contributed by atoms with Gasteiger partial charge in [-0.3, -0.25) is 4.79 Å². The lowest BCUT2D eigenvalue weighted by atomic mass is 9.98. The number of esters is 1. The zero-order valence-electron chi connectivity index (χ0n) is 13.8. The lowest BCUT2D eigenvalue weighted by Crippen LogP contribution is -2.10. The zero-order valence-corrected chi connectivity index (χ0v) is 15.3. The second-order valence-electron chi connectivity index (χ2n) is 6.10. The molecule has 128 valence electrons. The molecule has 24 heavy (non-hydrogen) atoms. The van der Waals surface area contributed by atoms with Crippen molar-refractivity contribution in [2.75, 3.05) is 0 Å². The first-order valence-electron chi connectivity index (χ1n) is 8.18. The van der Waals surface area contributed by atoms with Crippen LogP contribution in [0.1, 0.15) is 37.3 Å². The smallest absolute Gasteiger partial charge is 0.306 e. The summed E-state index contributed by atoms with van der Waals surface area (Å²) in [4.78, 5) is 11.9. The van der Waals surface area contributed by atoms with Crippen molar-refractivity contribution >= 4 is 29.2 Å². The highest BCUT2D eigenvalue weighted by Crippen LogP contribution is 2.24. The first-order valence-corrected chi connectivity index (χ1v) is 8.93. The molecule has 0 aromatic heterocycles. The van der Waals surface area contributed by atoms with Crippen LogP contribution >= 0.6 is 23.2 Å². The van der Waals surface area contributed by atoms with E-state index in [1.165, 1.54) is 5.56 Å². The van der Waals surface area contributed by atoms with Gasteiger partial charge in [-0.05, 0) is 48.4 Å². The number of ether oxygens (including phenoxy) is 1. The number of halogens is 2. The second kappa shape index (κ2) is 9.71. The third-order valence-electron chi connectivity index (χ3n) is 3.90. The number of carbonyl (C=O) groups is 1. The van der Waals surface area contributed by atoms with Crippen molar-refractivity contribution in [3.63, 3.8) is 0 Å². The molecule has 0 aliphatic rings. The Morgan fingerprint density at radius 3 is 2.50 bits per heavy atom. The molecule has 0 spiro atoms. The maximum Gasteiger partial charge on any atom is 0.306 e. The molecule has 2 aromatic rings. The summed E-state index contributed by atoms with van der Waals surface area (Å²) in [6.07, 6.45) is 3.36.